The number of benzene rings is 1. The number of alkyl halides is 3. The van der Waals surface area contributed by atoms with Crippen LogP contribution < -0.4 is 4.74 Å². The minimum atomic E-state index is -5.15. The fraction of sp³-hybridized carbons (Fsp3) is 0.417. The summed E-state index contributed by atoms with van der Waals surface area (Å²) in [5.74, 6) is -3.21. The highest BCUT2D eigenvalue weighted by Gasteiger charge is 2.45. The molecule has 1 N–H and O–H groups in total. The molecule has 0 heterocycles. The summed E-state index contributed by atoms with van der Waals surface area (Å²) in [6.45, 7) is 1.68. The maximum absolute atomic E-state index is 12.7. The summed E-state index contributed by atoms with van der Waals surface area (Å²) in [6, 6.07) is 4.05. The van der Waals surface area contributed by atoms with Crippen molar-refractivity contribution in [2.45, 2.75) is 19.2 Å². The summed E-state index contributed by atoms with van der Waals surface area (Å²) < 4.78 is 76.9. The molecule has 0 spiro atoms. The highest BCUT2D eigenvalue weighted by molar-refractivity contribution is 7.85. The van der Waals surface area contributed by atoms with Crippen LogP contribution in [0.5, 0.6) is 5.75 Å². The summed E-state index contributed by atoms with van der Waals surface area (Å²) in [5.41, 5.74) is 0.399. The zero-order valence-corrected chi connectivity index (χ0v) is 12.4. The Morgan fingerprint density at radius 3 is 2.41 bits per heavy atom. The van der Waals surface area contributed by atoms with Gasteiger partial charge in [0.25, 0.3) is 10.1 Å². The Bertz CT molecular complexity index is 653. The first-order valence-electron chi connectivity index (χ1n) is 5.81. The van der Waals surface area contributed by atoms with Crippen LogP contribution in [0.25, 0.3) is 0 Å². The van der Waals surface area contributed by atoms with E-state index in [0.29, 0.717) is 5.56 Å². The Hall–Kier alpha value is -1.81. The van der Waals surface area contributed by atoms with Gasteiger partial charge in [0, 0.05) is 0 Å². The van der Waals surface area contributed by atoms with Crippen LogP contribution in [0, 0.1) is 6.92 Å². The molecule has 0 aliphatic heterocycles. The Labute approximate surface area is 124 Å². The lowest BCUT2D eigenvalue weighted by molar-refractivity contribution is -0.197. The monoisotopic (exact) mass is 342 g/mol. The Morgan fingerprint density at radius 1 is 1.36 bits per heavy atom. The van der Waals surface area contributed by atoms with Gasteiger partial charge in [0.1, 0.15) is 17.1 Å². The molecule has 10 heteroatoms. The van der Waals surface area contributed by atoms with E-state index < -0.39 is 34.1 Å². The van der Waals surface area contributed by atoms with Gasteiger partial charge in [-0.2, -0.15) is 21.6 Å². The maximum Gasteiger partial charge on any atom is 0.426 e. The van der Waals surface area contributed by atoms with Gasteiger partial charge in [-0.25, -0.2) is 4.79 Å². The van der Waals surface area contributed by atoms with Crippen molar-refractivity contribution in [3.05, 3.63) is 29.3 Å². The van der Waals surface area contributed by atoms with Crippen LogP contribution in [0.15, 0.2) is 18.2 Å². The van der Waals surface area contributed by atoms with Gasteiger partial charge in [-0.1, -0.05) is 6.07 Å². The van der Waals surface area contributed by atoms with Crippen LogP contribution in [-0.2, 0) is 14.9 Å². The molecule has 0 bridgehead atoms. The second kappa shape index (κ2) is 6.53. The predicted octanol–water partition coefficient (Wildman–Crippen LogP) is 1.98. The van der Waals surface area contributed by atoms with Crippen LogP contribution in [-0.4, -0.2) is 44.1 Å². The molecule has 0 fully saturated rings. The number of halogens is 3. The largest absolute Gasteiger partial charge is 0.496 e. The number of hydrogen-bond donors (Lipinski definition) is 1. The summed E-state index contributed by atoms with van der Waals surface area (Å²) in [5, 5.41) is 0. The SMILES string of the molecule is COc1cc(C)ccc1C(=O)OC(CS(=O)(=O)O)C(F)(F)F. The number of carbonyl (C=O) groups is 1. The van der Waals surface area contributed by atoms with Crippen molar-refractivity contribution in [3.8, 4) is 5.75 Å². The molecular weight excluding hydrogens is 329 g/mol. The molecule has 0 radical (unpaired) electrons. The molecule has 1 unspecified atom stereocenters. The highest BCUT2D eigenvalue weighted by atomic mass is 32.2. The lowest BCUT2D eigenvalue weighted by Gasteiger charge is -2.20. The molecule has 0 aliphatic carbocycles. The van der Waals surface area contributed by atoms with Crippen molar-refractivity contribution < 1.29 is 40.4 Å². The normalized spacial score (nSPS) is 13.5. The lowest BCUT2D eigenvalue weighted by Crippen LogP contribution is -2.39. The molecule has 124 valence electrons. The van der Waals surface area contributed by atoms with Crippen molar-refractivity contribution >= 4 is 16.1 Å². The van der Waals surface area contributed by atoms with Crippen molar-refractivity contribution in [2.24, 2.45) is 0 Å². The molecule has 22 heavy (non-hydrogen) atoms. The number of rotatable bonds is 5. The summed E-state index contributed by atoms with van der Waals surface area (Å²) in [6.07, 6.45) is -8.13. The van der Waals surface area contributed by atoms with Gasteiger partial charge in [-0.3, -0.25) is 4.55 Å². The summed E-state index contributed by atoms with van der Waals surface area (Å²) in [4.78, 5) is 11.8. The van der Waals surface area contributed by atoms with E-state index in [1.165, 1.54) is 25.3 Å². The van der Waals surface area contributed by atoms with Gasteiger partial charge in [-0.15, -0.1) is 0 Å². The molecule has 1 aromatic carbocycles. The quantitative estimate of drug-likeness (QED) is 0.650. The second-order valence-corrected chi connectivity index (χ2v) is 5.89. The molecular formula is C12H13F3O6S. The van der Waals surface area contributed by atoms with Crippen molar-refractivity contribution in [2.75, 3.05) is 12.9 Å². The molecule has 0 amide bonds. The summed E-state index contributed by atoms with van der Waals surface area (Å²) in [7, 11) is -3.77. The topological polar surface area (TPSA) is 89.9 Å². The van der Waals surface area contributed by atoms with E-state index in [9.17, 15) is 26.4 Å². The van der Waals surface area contributed by atoms with Gasteiger partial charge in [0.2, 0.25) is 6.10 Å². The van der Waals surface area contributed by atoms with Crippen molar-refractivity contribution in [1.29, 1.82) is 0 Å². The third kappa shape index (κ3) is 5.19. The molecule has 1 aromatic rings. The van der Waals surface area contributed by atoms with E-state index in [4.69, 9.17) is 9.29 Å². The van der Waals surface area contributed by atoms with Crippen molar-refractivity contribution in [1.82, 2.24) is 0 Å². The fourth-order valence-corrected chi connectivity index (χ4v) is 2.19. The van der Waals surface area contributed by atoms with E-state index in [1.807, 2.05) is 0 Å². The van der Waals surface area contributed by atoms with E-state index in [2.05, 4.69) is 4.74 Å². The number of hydrogen-bond acceptors (Lipinski definition) is 5. The number of esters is 1. The maximum atomic E-state index is 12.7. The minimum Gasteiger partial charge on any atom is -0.496 e. The molecule has 1 atom stereocenters. The van der Waals surface area contributed by atoms with Crippen LogP contribution in [0.4, 0.5) is 13.2 Å². The first kappa shape index (κ1) is 18.2. The van der Waals surface area contributed by atoms with Gasteiger partial charge in [0.05, 0.1) is 7.11 Å². The van der Waals surface area contributed by atoms with Gasteiger partial charge < -0.3 is 9.47 Å². The van der Waals surface area contributed by atoms with Gasteiger partial charge >= 0.3 is 12.1 Å². The van der Waals surface area contributed by atoms with Gasteiger partial charge in [0.15, 0.2) is 0 Å². The molecule has 1 rings (SSSR count). The Balaban J connectivity index is 3.06. The number of ether oxygens (including phenoxy) is 2. The smallest absolute Gasteiger partial charge is 0.426 e. The molecule has 0 saturated heterocycles. The Kier molecular flexibility index (Phi) is 5.41. The van der Waals surface area contributed by atoms with E-state index in [0.717, 1.165) is 0 Å². The average molecular weight is 342 g/mol. The molecule has 0 saturated carbocycles. The van der Waals surface area contributed by atoms with E-state index in [1.54, 1.807) is 6.92 Å². The number of methoxy groups -OCH3 is 1. The standard InChI is InChI=1S/C12H13F3O6S/c1-7-3-4-8(9(5-7)20-2)11(16)21-10(12(13,14)15)6-22(17,18)19/h3-5,10H,6H2,1-2H3,(H,17,18,19). The summed E-state index contributed by atoms with van der Waals surface area (Å²) >= 11 is 0. The van der Waals surface area contributed by atoms with Crippen molar-refractivity contribution in [3.63, 3.8) is 0 Å². The third-order valence-corrected chi connectivity index (χ3v) is 3.28. The number of carbonyl (C=O) groups excluding carboxylic acids is 1. The second-order valence-electron chi connectivity index (χ2n) is 4.39. The molecule has 0 aromatic heterocycles. The first-order valence-corrected chi connectivity index (χ1v) is 7.42. The van der Waals surface area contributed by atoms with Crippen LogP contribution in [0.2, 0.25) is 0 Å². The van der Waals surface area contributed by atoms with Crippen LogP contribution in [0.3, 0.4) is 0 Å². The fourth-order valence-electron chi connectivity index (χ4n) is 1.55. The lowest BCUT2D eigenvalue weighted by atomic mass is 10.1. The zero-order chi connectivity index (χ0) is 17.1. The number of aryl methyl sites for hydroxylation is 1. The van der Waals surface area contributed by atoms with Crippen LogP contribution >= 0.6 is 0 Å². The highest BCUT2D eigenvalue weighted by Crippen LogP contribution is 2.27. The molecule has 6 nitrogen and oxygen atoms in total. The van der Waals surface area contributed by atoms with Gasteiger partial charge in [-0.05, 0) is 24.6 Å². The predicted molar refractivity (Wildman–Crippen MR) is 69.4 cm³/mol. The average Bonchev–Trinajstić information content (AvgIpc) is 2.34. The zero-order valence-electron chi connectivity index (χ0n) is 11.5. The van der Waals surface area contributed by atoms with Crippen LogP contribution in [0.1, 0.15) is 15.9 Å². The molecule has 0 aliphatic rings. The third-order valence-electron chi connectivity index (χ3n) is 2.55. The minimum absolute atomic E-state index is 0.0159. The van der Waals surface area contributed by atoms with E-state index in [-0.39, 0.29) is 11.3 Å². The Morgan fingerprint density at radius 2 is 1.95 bits per heavy atom. The first-order chi connectivity index (χ1) is 9.94. The van der Waals surface area contributed by atoms with E-state index >= 15 is 0 Å².